The fourth-order valence-electron chi connectivity index (χ4n) is 2.02. The molecule has 0 amide bonds. The number of rotatable bonds is 6. The molecule has 0 bridgehead atoms. The van der Waals surface area contributed by atoms with Gasteiger partial charge >= 0.3 is 5.97 Å². The van der Waals surface area contributed by atoms with Crippen molar-refractivity contribution in [2.24, 2.45) is 5.92 Å². The molecule has 1 rings (SSSR count). The van der Waals surface area contributed by atoms with Gasteiger partial charge in [-0.05, 0) is 24.0 Å². The molecule has 20 heavy (non-hydrogen) atoms. The third-order valence-electron chi connectivity index (χ3n) is 2.82. The van der Waals surface area contributed by atoms with Gasteiger partial charge in [0.2, 0.25) is 0 Å². The van der Waals surface area contributed by atoms with Gasteiger partial charge in [0.1, 0.15) is 0 Å². The Morgan fingerprint density at radius 1 is 1.35 bits per heavy atom. The summed E-state index contributed by atoms with van der Waals surface area (Å²) in [4.78, 5) is 11.2. The van der Waals surface area contributed by atoms with Crippen LogP contribution in [0, 0.1) is 5.92 Å². The number of hydrogen-bond acceptors (Lipinski definition) is 2. The largest absolute Gasteiger partial charge is 0.478 e. The van der Waals surface area contributed by atoms with Crippen molar-refractivity contribution in [2.75, 3.05) is 5.75 Å². The molecule has 0 fully saturated rings. The number of hydrogen-bond donors (Lipinski definition) is 1. The summed E-state index contributed by atoms with van der Waals surface area (Å²) in [6.07, 6.45) is -2.52. The molecule has 0 saturated heterocycles. The van der Waals surface area contributed by atoms with Gasteiger partial charge in [0, 0.05) is 11.3 Å². The van der Waals surface area contributed by atoms with Crippen LogP contribution in [0.25, 0.3) is 0 Å². The minimum atomic E-state index is -2.77. The monoisotopic (exact) mass is 304 g/mol. The van der Waals surface area contributed by atoms with E-state index in [2.05, 4.69) is 0 Å². The summed E-state index contributed by atoms with van der Waals surface area (Å²) < 4.78 is 38.5. The smallest absolute Gasteiger partial charge is 0.336 e. The number of carboxylic acids is 1. The fraction of sp³-hybridized carbons (Fsp3) is 0.500. The topological polar surface area (TPSA) is 54.4 Å². The van der Waals surface area contributed by atoms with Gasteiger partial charge in [0.05, 0.1) is 21.3 Å². The molecule has 1 N–H and O–H groups in total. The third-order valence-corrected chi connectivity index (χ3v) is 4.73. The van der Waals surface area contributed by atoms with Gasteiger partial charge in [-0.1, -0.05) is 26.8 Å². The Hall–Kier alpha value is -1.30. The summed E-state index contributed by atoms with van der Waals surface area (Å²) in [5, 5.41) is 9.13. The lowest BCUT2D eigenvalue weighted by molar-refractivity contribution is 0.0694. The Bertz CT molecular complexity index is 527. The first-order chi connectivity index (χ1) is 9.29. The highest BCUT2D eigenvalue weighted by Crippen LogP contribution is 2.31. The summed E-state index contributed by atoms with van der Waals surface area (Å²) in [7, 11) is -1.63. The van der Waals surface area contributed by atoms with Crippen LogP contribution in [0.1, 0.15) is 48.7 Å². The van der Waals surface area contributed by atoms with Gasteiger partial charge in [-0.15, -0.1) is 0 Å². The zero-order valence-corrected chi connectivity index (χ0v) is 12.5. The Labute approximate surface area is 119 Å². The van der Waals surface area contributed by atoms with Gasteiger partial charge in [-0.3, -0.25) is 4.21 Å². The van der Waals surface area contributed by atoms with Crippen molar-refractivity contribution in [1.82, 2.24) is 0 Å². The summed E-state index contributed by atoms with van der Waals surface area (Å²) in [5.74, 6) is -0.888. The molecule has 0 saturated carbocycles. The lowest BCUT2D eigenvalue weighted by Crippen LogP contribution is -2.13. The SMILES string of the molecule is CCc1c(C(=O)O)ccc(C(F)F)c1[S@](=O)CC(C)C. The van der Waals surface area contributed by atoms with E-state index < -0.39 is 23.2 Å². The van der Waals surface area contributed by atoms with E-state index in [-0.39, 0.29) is 39.7 Å². The van der Waals surface area contributed by atoms with E-state index >= 15 is 0 Å². The molecule has 0 unspecified atom stereocenters. The first kappa shape index (κ1) is 16.8. The highest BCUT2D eigenvalue weighted by molar-refractivity contribution is 7.85. The highest BCUT2D eigenvalue weighted by Gasteiger charge is 2.25. The number of benzene rings is 1. The predicted octanol–water partition coefficient (Wildman–Crippen LogP) is 3.65. The van der Waals surface area contributed by atoms with Crippen LogP contribution in [-0.4, -0.2) is 21.0 Å². The van der Waals surface area contributed by atoms with Crippen LogP contribution >= 0.6 is 0 Å². The molecule has 0 aliphatic heterocycles. The highest BCUT2D eigenvalue weighted by atomic mass is 32.2. The van der Waals surface area contributed by atoms with Crippen molar-refractivity contribution in [3.8, 4) is 0 Å². The first-order valence-electron chi connectivity index (χ1n) is 6.35. The van der Waals surface area contributed by atoms with E-state index in [0.29, 0.717) is 0 Å². The summed E-state index contributed by atoms with van der Waals surface area (Å²) >= 11 is 0. The zero-order valence-electron chi connectivity index (χ0n) is 11.7. The summed E-state index contributed by atoms with van der Waals surface area (Å²) in [6.45, 7) is 5.35. The second-order valence-corrected chi connectivity index (χ2v) is 6.31. The van der Waals surface area contributed by atoms with Crippen molar-refractivity contribution in [2.45, 2.75) is 38.5 Å². The quantitative estimate of drug-likeness (QED) is 0.873. The van der Waals surface area contributed by atoms with E-state index in [1.165, 1.54) is 6.07 Å². The number of carbonyl (C=O) groups is 1. The lowest BCUT2D eigenvalue weighted by Gasteiger charge is -2.16. The normalized spacial score (nSPS) is 12.9. The molecule has 0 heterocycles. The van der Waals surface area contributed by atoms with Gasteiger partial charge in [-0.2, -0.15) is 0 Å². The third kappa shape index (κ3) is 3.62. The van der Waals surface area contributed by atoms with Crippen LogP contribution in [0.15, 0.2) is 17.0 Å². The van der Waals surface area contributed by atoms with Crippen LogP contribution in [0.4, 0.5) is 8.78 Å². The standard InChI is InChI=1S/C14H18F2O3S/c1-4-9-10(14(17)18)5-6-11(13(15)16)12(9)20(19)7-8(2)3/h5-6,8,13H,4,7H2,1-3H3,(H,17,18)/t20-/m1/s1. The molecule has 1 aromatic rings. The molecule has 0 aliphatic rings. The second-order valence-electron chi connectivity index (χ2n) is 4.88. The minimum absolute atomic E-state index is 0.00361. The first-order valence-corrected chi connectivity index (χ1v) is 7.67. The number of aromatic carboxylic acids is 1. The summed E-state index contributed by atoms with van der Waals surface area (Å²) in [6, 6.07) is 2.24. The maximum absolute atomic E-state index is 13.1. The molecule has 1 atom stereocenters. The average molecular weight is 304 g/mol. The number of halogens is 2. The molecule has 0 radical (unpaired) electrons. The van der Waals surface area contributed by atoms with E-state index in [4.69, 9.17) is 5.11 Å². The Kier molecular flexibility index (Phi) is 5.80. The fourth-order valence-corrected chi connectivity index (χ4v) is 3.75. The Morgan fingerprint density at radius 3 is 2.35 bits per heavy atom. The van der Waals surface area contributed by atoms with Crippen LogP contribution in [0.3, 0.4) is 0 Å². The van der Waals surface area contributed by atoms with Crippen molar-refractivity contribution < 1.29 is 22.9 Å². The maximum Gasteiger partial charge on any atom is 0.336 e. The Balaban J connectivity index is 3.52. The van der Waals surface area contributed by atoms with Crippen LogP contribution < -0.4 is 0 Å². The van der Waals surface area contributed by atoms with Gasteiger partial charge in [0.15, 0.2) is 0 Å². The van der Waals surface area contributed by atoms with E-state index in [9.17, 15) is 17.8 Å². The predicted molar refractivity (Wildman–Crippen MR) is 73.8 cm³/mol. The number of alkyl halides is 2. The van der Waals surface area contributed by atoms with Crippen molar-refractivity contribution in [3.63, 3.8) is 0 Å². The number of carboxylic acid groups (broad SMARTS) is 1. The van der Waals surface area contributed by atoms with E-state index in [1.807, 2.05) is 13.8 Å². The molecule has 0 aliphatic carbocycles. The van der Waals surface area contributed by atoms with Crippen molar-refractivity contribution >= 4 is 16.8 Å². The van der Waals surface area contributed by atoms with Gasteiger partial charge < -0.3 is 5.11 Å². The molecule has 6 heteroatoms. The van der Waals surface area contributed by atoms with E-state index in [0.717, 1.165) is 6.07 Å². The average Bonchev–Trinajstić information content (AvgIpc) is 2.35. The van der Waals surface area contributed by atoms with Crippen LogP contribution in [0.5, 0.6) is 0 Å². The molecule has 0 spiro atoms. The van der Waals surface area contributed by atoms with E-state index in [1.54, 1.807) is 6.92 Å². The second kappa shape index (κ2) is 6.92. The minimum Gasteiger partial charge on any atom is -0.478 e. The van der Waals surface area contributed by atoms with Crippen LogP contribution in [-0.2, 0) is 17.2 Å². The zero-order chi connectivity index (χ0) is 15.4. The van der Waals surface area contributed by atoms with Crippen LogP contribution in [0.2, 0.25) is 0 Å². The molecular weight excluding hydrogens is 286 g/mol. The van der Waals surface area contributed by atoms with Gasteiger partial charge in [-0.25, -0.2) is 13.6 Å². The van der Waals surface area contributed by atoms with Crippen molar-refractivity contribution in [1.29, 1.82) is 0 Å². The Morgan fingerprint density at radius 2 is 1.95 bits per heavy atom. The maximum atomic E-state index is 13.1. The summed E-state index contributed by atoms with van der Waals surface area (Å²) in [5.41, 5.74) is -0.135. The molecule has 112 valence electrons. The molecular formula is C14H18F2O3S. The van der Waals surface area contributed by atoms with Crippen molar-refractivity contribution in [3.05, 3.63) is 28.8 Å². The molecule has 0 aromatic heterocycles. The lowest BCUT2D eigenvalue weighted by atomic mass is 10.0. The van der Waals surface area contributed by atoms with Gasteiger partial charge in [0.25, 0.3) is 6.43 Å². The molecule has 3 nitrogen and oxygen atoms in total. The molecule has 1 aromatic carbocycles.